The molecule has 1 atom stereocenters. The van der Waals surface area contributed by atoms with E-state index in [1.807, 2.05) is 32.0 Å². The molecule has 1 amide bonds. The van der Waals surface area contributed by atoms with Crippen LogP contribution in [0.3, 0.4) is 0 Å². The van der Waals surface area contributed by atoms with Gasteiger partial charge < -0.3 is 10.6 Å². The average Bonchev–Trinajstić information content (AvgIpc) is 2.75. The van der Waals surface area contributed by atoms with E-state index in [1.54, 1.807) is 0 Å². The molecule has 0 radical (unpaired) electrons. The molecule has 2 aromatic carbocycles. The van der Waals surface area contributed by atoms with Crippen molar-refractivity contribution in [2.45, 2.75) is 52.4 Å². The molecule has 2 rings (SSSR count). The minimum Gasteiger partial charge on any atom is -0.340 e. The Morgan fingerprint density at radius 3 is 2.00 bits per heavy atom. The molecule has 6 heteroatoms. The lowest BCUT2D eigenvalue weighted by molar-refractivity contribution is -0.162. The number of hydroxylamine groups is 1. The van der Waals surface area contributed by atoms with Crippen molar-refractivity contribution in [2.24, 2.45) is 17.6 Å². The van der Waals surface area contributed by atoms with Crippen molar-refractivity contribution in [3.05, 3.63) is 71.3 Å². The first-order chi connectivity index (χ1) is 14.5. The van der Waals surface area contributed by atoms with Gasteiger partial charge in [-0.25, -0.2) is 4.79 Å². The zero-order valence-corrected chi connectivity index (χ0v) is 19.3. The molecule has 0 aliphatic heterocycles. The van der Waals surface area contributed by atoms with Gasteiger partial charge in [0.15, 0.2) is 0 Å². The van der Waals surface area contributed by atoms with E-state index in [4.69, 9.17) is 10.6 Å². The number of carbonyl (C=O) groups excluding carboxylic acids is 2. The van der Waals surface area contributed by atoms with Crippen LogP contribution in [0.5, 0.6) is 0 Å². The maximum absolute atomic E-state index is 12.1. The number of nitrogens with two attached hydrogens (primary N) is 1. The number of rotatable bonds is 11. The van der Waals surface area contributed by atoms with Gasteiger partial charge in [-0.05, 0) is 54.7 Å². The normalized spacial score (nSPS) is 11.5. The topological polar surface area (TPSA) is 81.4 Å². The standard InChI is InChI=1S/C25H34N2O3.ClH/c1-19(2)16-23(18-26)25(29)30-27-24(28)17-22-14-12-21(13-15-22)11-7-6-10-20-8-4-3-5-9-20;/h3-5,8-9,12-15,19,23H,6-7,10-11,16-18,26H2,1-2H3,(H,27,28);1H/t23-;/m0./s1. The summed E-state index contributed by atoms with van der Waals surface area (Å²) in [6.45, 7) is 4.24. The Labute approximate surface area is 192 Å². The van der Waals surface area contributed by atoms with Crippen LogP contribution in [0.2, 0.25) is 0 Å². The predicted octanol–water partition coefficient (Wildman–Crippen LogP) is 4.41. The number of benzene rings is 2. The molecule has 0 fully saturated rings. The molecule has 31 heavy (non-hydrogen) atoms. The molecule has 0 saturated carbocycles. The van der Waals surface area contributed by atoms with Gasteiger partial charge in [0.1, 0.15) is 0 Å². The summed E-state index contributed by atoms with van der Waals surface area (Å²) in [7, 11) is 0. The molecule has 5 nitrogen and oxygen atoms in total. The third-order valence-corrected chi connectivity index (χ3v) is 5.05. The SMILES string of the molecule is CC(C)C[C@@H](CN)C(=O)ONC(=O)Cc1ccc(CCCCc2ccccc2)cc1.Cl. The van der Waals surface area contributed by atoms with Gasteiger partial charge in [-0.2, -0.15) is 5.48 Å². The van der Waals surface area contributed by atoms with Gasteiger partial charge >= 0.3 is 5.97 Å². The van der Waals surface area contributed by atoms with E-state index in [0.29, 0.717) is 12.3 Å². The minimum absolute atomic E-state index is 0. The van der Waals surface area contributed by atoms with Gasteiger partial charge in [-0.15, -0.1) is 12.4 Å². The van der Waals surface area contributed by atoms with Crippen LogP contribution in [0.1, 0.15) is 49.8 Å². The van der Waals surface area contributed by atoms with E-state index < -0.39 is 11.9 Å². The second-order valence-corrected chi connectivity index (χ2v) is 8.19. The Morgan fingerprint density at radius 1 is 0.903 bits per heavy atom. The highest BCUT2D eigenvalue weighted by atomic mass is 35.5. The smallest absolute Gasteiger partial charge is 0.336 e. The third kappa shape index (κ3) is 10.5. The predicted molar refractivity (Wildman–Crippen MR) is 127 cm³/mol. The molecule has 0 aromatic heterocycles. The van der Waals surface area contributed by atoms with Crippen LogP contribution in [0.15, 0.2) is 54.6 Å². The molecule has 0 saturated heterocycles. The van der Waals surface area contributed by atoms with E-state index in [0.717, 1.165) is 31.2 Å². The number of carbonyl (C=O) groups is 2. The molecule has 3 N–H and O–H groups in total. The van der Waals surface area contributed by atoms with Gasteiger partial charge in [-0.1, -0.05) is 68.4 Å². The number of aryl methyl sites for hydroxylation is 2. The van der Waals surface area contributed by atoms with Crippen molar-refractivity contribution in [2.75, 3.05) is 6.54 Å². The summed E-state index contributed by atoms with van der Waals surface area (Å²) in [6.07, 6.45) is 5.20. The number of amides is 1. The van der Waals surface area contributed by atoms with Crippen molar-refractivity contribution in [3.63, 3.8) is 0 Å². The molecule has 170 valence electrons. The van der Waals surface area contributed by atoms with E-state index >= 15 is 0 Å². The molecule has 0 aliphatic carbocycles. The quantitative estimate of drug-likeness (QED) is 0.395. The summed E-state index contributed by atoms with van der Waals surface area (Å²) >= 11 is 0. The summed E-state index contributed by atoms with van der Waals surface area (Å²) in [5, 5.41) is 0. The molecule has 0 bridgehead atoms. The van der Waals surface area contributed by atoms with Crippen LogP contribution in [0.4, 0.5) is 0 Å². The summed E-state index contributed by atoms with van der Waals surface area (Å²) in [6, 6.07) is 18.5. The maximum Gasteiger partial charge on any atom is 0.336 e. The second kappa shape index (κ2) is 14.6. The van der Waals surface area contributed by atoms with E-state index in [-0.39, 0.29) is 31.3 Å². The van der Waals surface area contributed by atoms with Crippen LogP contribution in [-0.2, 0) is 33.7 Å². The van der Waals surface area contributed by atoms with Gasteiger partial charge in [-0.3, -0.25) is 4.79 Å². The van der Waals surface area contributed by atoms with Crippen molar-refractivity contribution in [1.82, 2.24) is 5.48 Å². The maximum atomic E-state index is 12.1. The molecule has 0 spiro atoms. The summed E-state index contributed by atoms with van der Waals surface area (Å²) < 4.78 is 0. The fraction of sp³-hybridized carbons (Fsp3) is 0.440. The summed E-state index contributed by atoms with van der Waals surface area (Å²) in [5.41, 5.74) is 11.4. The monoisotopic (exact) mass is 446 g/mol. The average molecular weight is 447 g/mol. The molecule has 0 aliphatic rings. The highest BCUT2D eigenvalue weighted by Gasteiger charge is 2.21. The zero-order chi connectivity index (χ0) is 21.8. The third-order valence-electron chi connectivity index (χ3n) is 5.05. The summed E-state index contributed by atoms with van der Waals surface area (Å²) in [4.78, 5) is 29.0. The minimum atomic E-state index is -0.481. The summed E-state index contributed by atoms with van der Waals surface area (Å²) in [5.74, 6) is -0.894. The number of nitrogens with one attached hydrogen (secondary N) is 1. The fourth-order valence-corrected chi connectivity index (χ4v) is 3.40. The van der Waals surface area contributed by atoms with Crippen LogP contribution < -0.4 is 11.2 Å². The first kappa shape index (κ1) is 26.7. The van der Waals surface area contributed by atoms with Crippen molar-refractivity contribution in [1.29, 1.82) is 0 Å². The molecule has 0 unspecified atom stereocenters. The van der Waals surface area contributed by atoms with E-state index in [1.165, 1.54) is 11.1 Å². The first-order valence-corrected chi connectivity index (χ1v) is 10.8. The largest absolute Gasteiger partial charge is 0.340 e. The van der Waals surface area contributed by atoms with Gasteiger partial charge in [0.05, 0.1) is 12.3 Å². The Morgan fingerprint density at radius 2 is 1.45 bits per heavy atom. The number of hydrogen-bond donors (Lipinski definition) is 2. The molecular formula is C25H35ClN2O3. The van der Waals surface area contributed by atoms with E-state index in [9.17, 15) is 9.59 Å². The fourth-order valence-electron chi connectivity index (χ4n) is 3.40. The number of hydrogen-bond acceptors (Lipinski definition) is 4. The number of unbranched alkanes of at least 4 members (excludes halogenated alkanes) is 1. The Kier molecular flexibility index (Phi) is 12.6. The van der Waals surface area contributed by atoms with Crippen LogP contribution in [0, 0.1) is 11.8 Å². The Hall–Kier alpha value is -2.37. The molecule has 0 heterocycles. The van der Waals surface area contributed by atoms with Gasteiger partial charge in [0.25, 0.3) is 5.91 Å². The Balaban J connectivity index is 0.00000480. The lowest BCUT2D eigenvalue weighted by atomic mass is 9.97. The lowest BCUT2D eigenvalue weighted by Gasteiger charge is -2.15. The van der Waals surface area contributed by atoms with Crippen molar-refractivity contribution in [3.8, 4) is 0 Å². The van der Waals surface area contributed by atoms with Crippen molar-refractivity contribution < 1.29 is 14.4 Å². The number of halogens is 1. The first-order valence-electron chi connectivity index (χ1n) is 10.8. The van der Waals surface area contributed by atoms with Gasteiger partial charge in [0, 0.05) is 6.54 Å². The highest BCUT2D eigenvalue weighted by molar-refractivity contribution is 5.85. The Bertz CT molecular complexity index is 779. The van der Waals surface area contributed by atoms with E-state index in [2.05, 4.69) is 41.9 Å². The second-order valence-electron chi connectivity index (χ2n) is 8.19. The van der Waals surface area contributed by atoms with Crippen LogP contribution >= 0.6 is 12.4 Å². The molecular weight excluding hydrogens is 412 g/mol. The van der Waals surface area contributed by atoms with Crippen LogP contribution in [-0.4, -0.2) is 18.4 Å². The zero-order valence-electron chi connectivity index (χ0n) is 18.5. The highest BCUT2D eigenvalue weighted by Crippen LogP contribution is 2.13. The lowest BCUT2D eigenvalue weighted by Crippen LogP contribution is -2.34. The van der Waals surface area contributed by atoms with Crippen LogP contribution in [0.25, 0.3) is 0 Å². The molecule has 2 aromatic rings. The van der Waals surface area contributed by atoms with Gasteiger partial charge in [0.2, 0.25) is 0 Å². The van der Waals surface area contributed by atoms with Crippen molar-refractivity contribution >= 4 is 24.3 Å².